The molecule has 0 aliphatic carbocycles. The third-order valence-corrected chi connectivity index (χ3v) is 11.2. The first-order valence-electron chi connectivity index (χ1n) is 15.3. The summed E-state index contributed by atoms with van der Waals surface area (Å²) < 4.78 is 5.17. The van der Waals surface area contributed by atoms with E-state index in [1.54, 1.807) is 0 Å². The number of hydrogen-bond donors (Lipinski definition) is 0. The minimum atomic E-state index is 0.651. The van der Waals surface area contributed by atoms with Gasteiger partial charge in [-0.25, -0.2) is 0 Å². The van der Waals surface area contributed by atoms with Crippen molar-refractivity contribution in [2.45, 2.75) is 0 Å². The van der Waals surface area contributed by atoms with Gasteiger partial charge >= 0.3 is 0 Å². The molecule has 0 aliphatic heterocycles. The Morgan fingerprint density at radius 3 is 1.87 bits per heavy atom. The molecule has 0 amide bonds. The molecule has 0 spiro atoms. The highest BCUT2D eigenvalue weighted by atomic mass is 32.1. The third kappa shape index (κ3) is 4.43. The van der Waals surface area contributed by atoms with Crippen LogP contribution in [0, 0.1) is 11.3 Å². The Morgan fingerprint density at radius 2 is 1.02 bits per heavy atom. The second kappa shape index (κ2) is 10.8. The number of hydrogen-bond acceptors (Lipinski definition) is 3. The zero-order valence-corrected chi connectivity index (χ0v) is 26.3. The maximum atomic E-state index is 10.2. The van der Waals surface area contributed by atoms with Gasteiger partial charge in [-0.05, 0) is 99.1 Å². The van der Waals surface area contributed by atoms with Crippen molar-refractivity contribution >= 4 is 63.0 Å². The lowest BCUT2D eigenvalue weighted by Crippen LogP contribution is -1.91. The lowest BCUT2D eigenvalue weighted by molar-refractivity contribution is 1.48. The zero-order chi connectivity index (χ0) is 30.6. The summed E-state index contributed by atoms with van der Waals surface area (Å²) in [7, 11) is 0. The molecule has 0 aliphatic rings. The van der Waals surface area contributed by atoms with E-state index in [-0.39, 0.29) is 0 Å². The quantitative estimate of drug-likeness (QED) is 0.192. The van der Waals surface area contributed by atoms with Crippen molar-refractivity contribution in [2.24, 2.45) is 0 Å². The van der Waals surface area contributed by atoms with Crippen LogP contribution in [0.1, 0.15) is 5.56 Å². The Bertz CT molecular complexity index is 2650. The van der Waals surface area contributed by atoms with Crippen LogP contribution in [0.2, 0.25) is 0 Å². The molecule has 7 aromatic carbocycles. The van der Waals surface area contributed by atoms with Crippen molar-refractivity contribution in [3.63, 3.8) is 0 Å². The van der Waals surface area contributed by atoms with Gasteiger partial charge in [0.05, 0.1) is 11.6 Å². The largest absolute Gasteiger partial charge is 0.192 e. The number of nitriles is 1. The molecule has 9 rings (SSSR count). The van der Waals surface area contributed by atoms with E-state index in [0.29, 0.717) is 5.56 Å². The highest BCUT2D eigenvalue weighted by molar-refractivity contribution is 7.26. The summed E-state index contributed by atoms with van der Waals surface area (Å²) in [5.41, 5.74) is 9.64. The van der Waals surface area contributed by atoms with E-state index in [1.807, 2.05) is 53.0 Å². The minimum absolute atomic E-state index is 0.651. The van der Waals surface area contributed by atoms with Gasteiger partial charge in [-0.3, -0.25) is 0 Å². The molecule has 0 saturated carbocycles. The van der Waals surface area contributed by atoms with Gasteiger partial charge in [-0.15, -0.1) is 22.7 Å². The molecule has 0 unspecified atom stereocenters. The molecule has 2 heterocycles. The molecule has 0 fully saturated rings. The van der Waals surface area contributed by atoms with Crippen LogP contribution in [0.5, 0.6) is 0 Å². The van der Waals surface area contributed by atoms with Gasteiger partial charge in [0.2, 0.25) is 0 Å². The summed E-state index contributed by atoms with van der Waals surface area (Å²) in [6.07, 6.45) is 0. The summed E-state index contributed by atoms with van der Waals surface area (Å²) in [5.74, 6) is 0. The standard InChI is InChI=1S/C43H25NS2/c44-26-27-21-31(28-9-2-1-3-10-28)23-32(22-27)37-24-29(30-18-20-41-38(25-30)34-11-4-6-14-39(34)45-41)17-19-33(37)35-13-8-16-42-43(35)36-12-5-7-15-40(36)46-42/h1-25H. The van der Waals surface area contributed by atoms with Crippen LogP contribution in [0.25, 0.3) is 84.9 Å². The number of nitrogens with zero attached hydrogens (tertiary/aromatic N) is 1. The molecular weight excluding hydrogens is 595 g/mol. The second-order valence-corrected chi connectivity index (χ2v) is 13.8. The lowest BCUT2D eigenvalue weighted by atomic mass is 9.87. The van der Waals surface area contributed by atoms with E-state index in [9.17, 15) is 5.26 Å². The fourth-order valence-corrected chi connectivity index (χ4v) is 8.97. The van der Waals surface area contributed by atoms with Crippen LogP contribution in [0.3, 0.4) is 0 Å². The molecule has 0 radical (unpaired) electrons. The smallest absolute Gasteiger partial charge is 0.0992 e. The Hall–Kier alpha value is -5.53. The van der Waals surface area contributed by atoms with Gasteiger partial charge in [-0.2, -0.15) is 5.26 Å². The number of rotatable bonds is 4. The topological polar surface area (TPSA) is 23.8 Å². The highest BCUT2D eigenvalue weighted by Gasteiger charge is 2.17. The predicted octanol–water partition coefficient (Wildman–Crippen LogP) is 13.0. The van der Waals surface area contributed by atoms with Crippen molar-refractivity contribution in [1.29, 1.82) is 5.26 Å². The molecule has 0 N–H and O–H groups in total. The third-order valence-electron chi connectivity index (χ3n) is 8.90. The van der Waals surface area contributed by atoms with Gasteiger partial charge < -0.3 is 0 Å². The molecule has 46 heavy (non-hydrogen) atoms. The second-order valence-electron chi connectivity index (χ2n) is 11.6. The SMILES string of the molecule is N#Cc1cc(-c2ccccc2)cc(-c2cc(-c3ccc4sc5ccccc5c4c3)ccc2-c2cccc3sc4ccccc4c23)c1. The first-order valence-corrected chi connectivity index (χ1v) is 16.9. The Kier molecular flexibility index (Phi) is 6.31. The van der Waals surface area contributed by atoms with Gasteiger partial charge in [-0.1, -0.05) is 97.1 Å². The summed E-state index contributed by atoms with van der Waals surface area (Å²) in [5, 5.41) is 15.3. The van der Waals surface area contributed by atoms with Crippen molar-refractivity contribution in [2.75, 3.05) is 0 Å². The Morgan fingerprint density at radius 1 is 0.370 bits per heavy atom. The van der Waals surface area contributed by atoms with Gasteiger partial charge in [0.15, 0.2) is 0 Å². The summed E-state index contributed by atoms with van der Waals surface area (Å²) >= 11 is 3.68. The van der Waals surface area contributed by atoms with Gasteiger partial charge in [0.25, 0.3) is 0 Å². The Labute approximate surface area is 274 Å². The average Bonchev–Trinajstić information content (AvgIpc) is 3.70. The minimum Gasteiger partial charge on any atom is -0.192 e. The first-order chi connectivity index (χ1) is 22.7. The molecule has 3 heteroatoms. The maximum absolute atomic E-state index is 10.2. The average molecular weight is 620 g/mol. The lowest BCUT2D eigenvalue weighted by Gasteiger charge is -2.16. The van der Waals surface area contributed by atoms with Crippen molar-refractivity contribution in [3.8, 4) is 50.6 Å². The zero-order valence-electron chi connectivity index (χ0n) is 24.7. The van der Waals surface area contributed by atoms with E-state index in [2.05, 4.69) is 127 Å². The molecule has 2 aromatic heterocycles. The van der Waals surface area contributed by atoms with E-state index in [1.165, 1.54) is 51.5 Å². The van der Waals surface area contributed by atoms with Crippen LogP contribution < -0.4 is 0 Å². The summed E-state index contributed by atoms with van der Waals surface area (Å²) in [6.45, 7) is 0. The summed E-state index contributed by atoms with van der Waals surface area (Å²) in [4.78, 5) is 0. The van der Waals surface area contributed by atoms with Crippen molar-refractivity contribution in [3.05, 3.63) is 157 Å². The number of fused-ring (bicyclic) bond motifs is 6. The molecule has 214 valence electrons. The molecule has 9 aromatic rings. The maximum Gasteiger partial charge on any atom is 0.0992 e. The fraction of sp³-hybridized carbons (Fsp3) is 0. The molecule has 0 atom stereocenters. The first kappa shape index (κ1) is 26.8. The van der Waals surface area contributed by atoms with Crippen LogP contribution in [0.15, 0.2) is 152 Å². The van der Waals surface area contributed by atoms with Crippen LogP contribution in [-0.4, -0.2) is 0 Å². The van der Waals surface area contributed by atoms with Gasteiger partial charge in [0, 0.05) is 40.3 Å². The summed E-state index contributed by atoms with van der Waals surface area (Å²) in [6, 6.07) is 56.7. The monoisotopic (exact) mass is 619 g/mol. The number of benzene rings is 7. The molecule has 0 bridgehead atoms. The van der Waals surface area contributed by atoms with Crippen molar-refractivity contribution in [1.82, 2.24) is 0 Å². The van der Waals surface area contributed by atoms with E-state index < -0.39 is 0 Å². The van der Waals surface area contributed by atoms with Crippen LogP contribution in [-0.2, 0) is 0 Å². The molecular formula is C43H25NS2. The fourth-order valence-electron chi connectivity index (χ4n) is 6.75. The van der Waals surface area contributed by atoms with Crippen molar-refractivity contribution < 1.29 is 0 Å². The highest BCUT2D eigenvalue weighted by Crippen LogP contribution is 2.45. The number of thiophene rings is 2. The Balaban J connectivity index is 1.32. The predicted molar refractivity (Wildman–Crippen MR) is 199 cm³/mol. The molecule has 0 saturated heterocycles. The normalized spacial score (nSPS) is 11.5. The van der Waals surface area contributed by atoms with E-state index >= 15 is 0 Å². The van der Waals surface area contributed by atoms with Crippen LogP contribution >= 0.6 is 22.7 Å². The van der Waals surface area contributed by atoms with Crippen LogP contribution in [0.4, 0.5) is 0 Å². The molecule has 1 nitrogen and oxygen atoms in total. The van der Waals surface area contributed by atoms with Gasteiger partial charge in [0.1, 0.15) is 0 Å². The van der Waals surface area contributed by atoms with E-state index in [0.717, 1.165) is 33.4 Å². The van der Waals surface area contributed by atoms with E-state index in [4.69, 9.17) is 0 Å².